The van der Waals surface area contributed by atoms with Crippen molar-refractivity contribution >= 4 is 0 Å². The van der Waals surface area contributed by atoms with E-state index in [2.05, 4.69) is 79.7 Å². The zero-order valence-corrected chi connectivity index (χ0v) is 21.6. The summed E-state index contributed by atoms with van der Waals surface area (Å²) in [6, 6.07) is 8.75. The zero-order chi connectivity index (χ0) is 23.6. The van der Waals surface area contributed by atoms with Crippen LogP contribution in [0.3, 0.4) is 0 Å². The largest absolute Gasteiger partial charge is 0.618 e. The molecule has 0 amide bonds. The van der Waals surface area contributed by atoms with E-state index < -0.39 is 0 Å². The van der Waals surface area contributed by atoms with Crippen LogP contribution in [0.25, 0.3) is 11.4 Å². The van der Waals surface area contributed by atoms with Gasteiger partial charge in [0.25, 0.3) is 0 Å². The molecule has 0 radical (unpaired) electrons. The van der Waals surface area contributed by atoms with E-state index in [4.69, 9.17) is 4.98 Å². The molecule has 2 heterocycles. The van der Waals surface area contributed by atoms with Gasteiger partial charge in [-0.1, -0.05) is 61.5 Å². The van der Waals surface area contributed by atoms with Gasteiger partial charge in [0.05, 0.1) is 5.92 Å². The molecule has 6 atom stereocenters. The third-order valence-corrected chi connectivity index (χ3v) is 10.7. The van der Waals surface area contributed by atoms with E-state index >= 15 is 0 Å². The van der Waals surface area contributed by atoms with Gasteiger partial charge >= 0.3 is 0 Å². The Morgan fingerprint density at radius 3 is 1.94 bits per heavy atom. The second-order valence-electron chi connectivity index (χ2n) is 13.5. The van der Waals surface area contributed by atoms with Gasteiger partial charge in [0.15, 0.2) is 0 Å². The lowest BCUT2D eigenvalue weighted by Gasteiger charge is -2.61. The Hall–Kier alpha value is -1.90. The quantitative estimate of drug-likeness (QED) is 0.372. The molecular formula is C30H40N2O. The minimum Gasteiger partial charge on any atom is -0.618 e. The number of hydrogen-bond donors (Lipinski definition) is 0. The molecule has 2 aromatic heterocycles. The molecule has 6 aliphatic carbocycles. The maximum atomic E-state index is 13.9. The minimum absolute atomic E-state index is 0.291. The number of rotatable bonds is 3. The fourth-order valence-electron chi connectivity index (χ4n) is 8.71. The summed E-state index contributed by atoms with van der Waals surface area (Å²) in [7, 11) is 0. The van der Waals surface area contributed by atoms with Crippen LogP contribution in [0.5, 0.6) is 0 Å². The molecule has 0 saturated heterocycles. The number of hydrogen-bond acceptors (Lipinski definition) is 2. The summed E-state index contributed by atoms with van der Waals surface area (Å²) in [6.07, 6.45) is 2.52. The van der Waals surface area contributed by atoms with Gasteiger partial charge in [0.2, 0.25) is 11.4 Å². The van der Waals surface area contributed by atoms with Crippen molar-refractivity contribution in [1.29, 1.82) is 0 Å². The lowest BCUT2D eigenvalue weighted by molar-refractivity contribution is -0.608. The van der Waals surface area contributed by atoms with Crippen molar-refractivity contribution in [3.05, 3.63) is 52.0 Å². The highest BCUT2D eigenvalue weighted by Crippen LogP contribution is 2.68. The van der Waals surface area contributed by atoms with E-state index in [9.17, 15) is 5.21 Å². The van der Waals surface area contributed by atoms with Crippen LogP contribution in [0.2, 0.25) is 0 Å². The van der Waals surface area contributed by atoms with E-state index in [0.29, 0.717) is 58.2 Å². The molecule has 2 saturated carbocycles. The summed E-state index contributed by atoms with van der Waals surface area (Å²) >= 11 is 0. The molecule has 176 valence electrons. The molecule has 2 fully saturated rings. The maximum absolute atomic E-state index is 13.9. The predicted octanol–water partition coefficient (Wildman–Crippen LogP) is 7.15. The Bertz CT molecular complexity index is 1140. The molecule has 6 aliphatic rings. The van der Waals surface area contributed by atoms with E-state index in [0.717, 1.165) is 17.1 Å². The van der Waals surface area contributed by atoms with Crippen molar-refractivity contribution in [2.45, 2.75) is 91.9 Å². The lowest BCUT2D eigenvalue weighted by Crippen LogP contribution is -2.56. The van der Waals surface area contributed by atoms with Crippen molar-refractivity contribution in [3.8, 4) is 11.4 Å². The number of nitrogens with zero attached hydrogens (tertiary/aromatic N) is 2. The van der Waals surface area contributed by atoms with Crippen LogP contribution >= 0.6 is 0 Å². The third kappa shape index (κ3) is 2.57. The van der Waals surface area contributed by atoms with Crippen LogP contribution in [-0.2, 0) is 0 Å². The summed E-state index contributed by atoms with van der Waals surface area (Å²) in [5.41, 5.74) is 7.27. The highest BCUT2D eigenvalue weighted by atomic mass is 16.5. The highest BCUT2D eigenvalue weighted by molar-refractivity contribution is 5.56. The second kappa shape index (κ2) is 6.61. The van der Waals surface area contributed by atoms with Gasteiger partial charge in [-0.2, -0.15) is 4.73 Å². The average Bonchev–Trinajstić information content (AvgIpc) is 2.76. The minimum atomic E-state index is 0.291. The Morgan fingerprint density at radius 1 is 0.818 bits per heavy atom. The normalized spacial score (nSPS) is 34.4. The zero-order valence-electron chi connectivity index (χ0n) is 21.6. The van der Waals surface area contributed by atoms with Gasteiger partial charge in [-0.15, -0.1) is 0 Å². The first-order valence-corrected chi connectivity index (χ1v) is 13.2. The van der Waals surface area contributed by atoms with Gasteiger partial charge in [-0.3, -0.25) is 0 Å². The van der Waals surface area contributed by atoms with E-state index in [1.54, 1.807) is 0 Å². The van der Waals surface area contributed by atoms with Crippen molar-refractivity contribution in [1.82, 2.24) is 4.98 Å². The Balaban J connectivity index is 1.48. The predicted molar refractivity (Wildman–Crippen MR) is 133 cm³/mol. The van der Waals surface area contributed by atoms with Crippen LogP contribution in [0.15, 0.2) is 24.3 Å². The maximum Gasteiger partial charge on any atom is 0.242 e. The fourth-order valence-corrected chi connectivity index (χ4v) is 8.71. The average molecular weight is 445 g/mol. The Labute approximate surface area is 199 Å². The van der Waals surface area contributed by atoms with Gasteiger partial charge in [0.1, 0.15) is 5.69 Å². The van der Waals surface area contributed by atoms with Crippen LogP contribution < -0.4 is 4.73 Å². The van der Waals surface area contributed by atoms with Gasteiger partial charge in [-0.25, -0.2) is 4.98 Å². The van der Waals surface area contributed by atoms with Crippen LogP contribution in [0, 0.1) is 39.7 Å². The van der Waals surface area contributed by atoms with Crippen LogP contribution in [0.1, 0.15) is 114 Å². The first kappa shape index (κ1) is 21.6. The van der Waals surface area contributed by atoms with Crippen molar-refractivity contribution in [2.75, 3.05) is 0 Å². The third-order valence-electron chi connectivity index (χ3n) is 10.7. The second-order valence-corrected chi connectivity index (χ2v) is 13.5. The molecule has 8 rings (SSSR count). The van der Waals surface area contributed by atoms with Crippen molar-refractivity contribution in [2.24, 2.45) is 34.5 Å². The Morgan fingerprint density at radius 2 is 1.36 bits per heavy atom. The molecule has 0 N–H and O–H groups in total. The first-order chi connectivity index (χ1) is 15.5. The molecule has 0 aliphatic heterocycles. The smallest absolute Gasteiger partial charge is 0.242 e. The molecular weight excluding hydrogens is 404 g/mol. The molecule has 0 spiro atoms. The fraction of sp³-hybridized carbons (Fsp3) is 0.667. The summed E-state index contributed by atoms with van der Waals surface area (Å²) in [5.74, 6) is 4.23. The standard InChI is InChI=1S/C30H40N2O/c1-15(2)25-21-13-19(29(21,5)6)17-9-11-23(31-27(17)25)24-12-10-18-20-14-22(30(20,7)8)26(16(3)4)28(18)32(24)33/h9-12,15-16,19-22,25-26H,13-14H2,1-8H3/t19-,20-,21+,22+,25-,26-/m1/s1. The molecule has 3 heteroatoms. The summed E-state index contributed by atoms with van der Waals surface area (Å²) in [6.45, 7) is 18.9. The van der Waals surface area contributed by atoms with Crippen molar-refractivity contribution < 1.29 is 4.73 Å². The number of aromatic nitrogens is 2. The Kier molecular flexibility index (Phi) is 4.33. The highest BCUT2D eigenvalue weighted by Gasteiger charge is 2.61. The summed E-state index contributed by atoms with van der Waals surface area (Å²) < 4.78 is 1.28. The molecule has 3 nitrogen and oxygen atoms in total. The van der Waals surface area contributed by atoms with Crippen LogP contribution in [-0.4, -0.2) is 4.98 Å². The molecule has 0 aromatic carbocycles. The SMILES string of the molecule is CC(C)[C@H]1c2nc(-c3ccc4c([n+]3[O-])[C@H](C(C)C)[C@@H]3C[C@H]4C3(C)C)ccc2[C@H]2C[C@@H]1C2(C)C. The summed E-state index contributed by atoms with van der Waals surface area (Å²) in [4.78, 5) is 5.25. The van der Waals surface area contributed by atoms with Gasteiger partial charge < -0.3 is 5.21 Å². The van der Waals surface area contributed by atoms with Gasteiger partial charge in [0, 0.05) is 23.2 Å². The van der Waals surface area contributed by atoms with E-state index in [1.165, 1.54) is 34.4 Å². The molecule has 0 unspecified atom stereocenters. The van der Waals surface area contributed by atoms with Gasteiger partial charge in [-0.05, 0) is 76.9 Å². The lowest BCUT2D eigenvalue weighted by atomic mass is 9.43. The topological polar surface area (TPSA) is 39.8 Å². The molecule has 4 bridgehead atoms. The molecule has 2 aromatic rings. The van der Waals surface area contributed by atoms with E-state index in [1.807, 2.05) is 0 Å². The van der Waals surface area contributed by atoms with Crippen molar-refractivity contribution in [3.63, 3.8) is 0 Å². The van der Waals surface area contributed by atoms with E-state index in [-0.39, 0.29) is 0 Å². The monoisotopic (exact) mass is 444 g/mol. The summed E-state index contributed by atoms with van der Waals surface area (Å²) in [5, 5.41) is 13.9. The number of pyridine rings is 2. The van der Waals surface area contributed by atoms with Crippen LogP contribution in [0.4, 0.5) is 0 Å². The molecule has 33 heavy (non-hydrogen) atoms. The first-order valence-electron chi connectivity index (χ1n) is 13.2.